The molecule has 5 heteroatoms. The number of hydrogen-bond donors (Lipinski definition) is 0. The normalized spacial score (nSPS) is 28.1. The van der Waals surface area contributed by atoms with Gasteiger partial charge >= 0.3 is 0 Å². The molecule has 0 aliphatic heterocycles. The van der Waals surface area contributed by atoms with E-state index in [1.54, 1.807) is 0 Å². The molecule has 0 radical (unpaired) electrons. The first-order valence-corrected chi connectivity index (χ1v) is 9.12. The van der Waals surface area contributed by atoms with Gasteiger partial charge in [-0.2, -0.15) is 5.26 Å². The van der Waals surface area contributed by atoms with Crippen molar-refractivity contribution >= 4 is 9.84 Å². The van der Waals surface area contributed by atoms with Crippen molar-refractivity contribution in [2.75, 3.05) is 19.5 Å². The van der Waals surface area contributed by atoms with Gasteiger partial charge in [0.2, 0.25) is 0 Å². The van der Waals surface area contributed by atoms with Gasteiger partial charge in [0.05, 0.1) is 17.9 Å². The average molecular weight is 307 g/mol. The van der Waals surface area contributed by atoms with Crippen LogP contribution >= 0.6 is 0 Å². The van der Waals surface area contributed by atoms with Gasteiger partial charge in [-0.1, -0.05) is 31.2 Å². The van der Waals surface area contributed by atoms with Crippen molar-refractivity contribution in [3.05, 3.63) is 35.4 Å². The first kappa shape index (κ1) is 16.0. The lowest BCUT2D eigenvalue weighted by Crippen LogP contribution is -2.18. The molecule has 114 valence electrons. The van der Waals surface area contributed by atoms with Gasteiger partial charge in [-0.25, -0.2) is 8.42 Å². The van der Waals surface area contributed by atoms with E-state index < -0.39 is 20.5 Å². The third-order valence-corrected chi connectivity index (χ3v) is 5.83. The predicted octanol–water partition coefficient (Wildman–Crippen LogP) is 2.31. The summed E-state index contributed by atoms with van der Waals surface area (Å²) in [6, 6.07) is 10.1. The fraction of sp³-hybridized carbons (Fsp3) is 0.562. The Labute approximate surface area is 126 Å². The number of nitrogens with zero attached hydrogens (tertiary/aromatic N) is 1. The summed E-state index contributed by atoms with van der Waals surface area (Å²) in [7, 11) is -3.30. The fourth-order valence-corrected chi connectivity index (χ4v) is 4.92. The third-order valence-electron chi connectivity index (χ3n) is 4.22. The Balaban J connectivity index is 2.37. The summed E-state index contributed by atoms with van der Waals surface area (Å²) in [6.07, 6.45) is 2.14. The van der Waals surface area contributed by atoms with Gasteiger partial charge in [0, 0.05) is 18.8 Å². The van der Waals surface area contributed by atoms with Gasteiger partial charge in [-0.3, -0.25) is 0 Å². The Kier molecular flexibility index (Phi) is 4.40. The minimum atomic E-state index is -3.30. The van der Waals surface area contributed by atoms with E-state index in [2.05, 4.69) is 13.0 Å². The second kappa shape index (κ2) is 5.78. The van der Waals surface area contributed by atoms with Crippen molar-refractivity contribution in [2.24, 2.45) is 5.41 Å². The average Bonchev–Trinajstić information content (AvgIpc) is 3.15. The summed E-state index contributed by atoms with van der Waals surface area (Å²) >= 11 is 0. The van der Waals surface area contributed by atoms with E-state index in [1.165, 1.54) is 11.8 Å². The van der Waals surface area contributed by atoms with E-state index in [1.807, 2.05) is 31.2 Å². The number of rotatable bonds is 6. The molecule has 4 nitrogen and oxygen atoms in total. The van der Waals surface area contributed by atoms with Gasteiger partial charge in [0.25, 0.3) is 0 Å². The Hall–Kier alpha value is -1.38. The van der Waals surface area contributed by atoms with Crippen LogP contribution < -0.4 is 0 Å². The molecular weight excluding hydrogens is 286 g/mol. The molecule has 2 rings (SSSR count). The molecule has 1 aliphatic rings. The molecule has 1 aliphatic carbocycles. The van der Waals surface area contributed by atoms with E-state index in [0.717, 1.165) is 12.0 Å². The molecule has 0 heterocycles. The van der Waals surface area contributed by atoms with Gasteiger partial charge < -0.3 is 4.74 Å². The first-order valence-electron chi connectivity index (χ1n) is 7.17. The van der Waals surface area contributed by atoms with Crippen molar-refractivity contribution < 1.29 is 13.2 Å². The maximum Gasteiger partial charge on any atom is 0.152 e. The van der Waals surface area contributed by atoms with Crippen LogP contribution in [0, 0.1) is 16.7 Å². The minimum absolute atomic E-state index is 0.165. The maximum absolute atomic E-state index is 12.0. The molecule has 0 amide bonds. The number of benzene rings is 1. The highest BCUT2D eigenvalue weighted by Gasteiger charge is 2.71. The molecule has 0 saturated heterocycles. The van der Waals surface area contributed by atoms with Crippen molar-refractivity contribution in [1.29, 1.82) is 5.26 Å². The lowest BCUT2D eigenvalue weighted by molar-refractivity contribution is 0.117. The second-order valence-corrected chi connectivity index (χ2v) is 7.78. The van der Waals surface area contributed by atoms with Crippen LogP contribution in [0.15, 0.2) is 24.3 Å². The van der Waals surface area contributed by atoms with Crippen molar-refractivity contribution in [1.82, 2.24) is 0 Å². The smallest absolute Gasteiger partial charge is 0.152 e. The van der Waals surface area contributed by atoms with Crippen LogP contribution in [-0.2, 0) is 21.0 Å². The lowest BCUT2D eigenvalue weighted by Gasteiger charge is -2.09. The molecular formula is C16H21NO3S. The molecule has 1 fully saturated rings. The molecule has 3 unspecified atom stereocenters. The standard InChI is InChI=1S/C16H21NO3S/c1-4-12-6-8-13(9-7-12)14-15(21(3,18)19)16(14,10-17)11-20-5-2/h6-9,14-15H,4-5,11H2,1-3H3. The topological polar surface area (TPSA) is 67.2 Å². The quantitative estimate of drug-likeness (QED) is 0.809. The summed E-state index contributed by atoms with van der Waals surface area (Å²) in [5.74, 6) is -0.296. The molecule has 1 aromatic rings. The van der Waals surface area contributed by atoms with E-state index in [-0.39, 0.29) is 12.5 Å². The highest BCUT2D eigenvalue weighted by Crippen LogP contribution is 2.62. The van der Waals surface area contributed by atoms with Crippen LogP contribution in [0.4, 0.5) is 0 Å². The first-order chi connectivity index (χ1) is 9.90. The zero-order chi connectivity index (χ0) is 15.7. The maximum atomic E-state index is 12.0. The van der Waals surface area contributed by atoms with E-state index in [0.29, 0.717) is 6.61 Å². The van der Waals surface area contributed by atoms with Crippen molar-refractivity contribution in [3.8, 4) is 6.07 Å². The molecule has 0 N–H and O–H groups in total. The van der Waals surface area contributed by atoms with Crippen LogP contribution in [-0.4, -0.2) is 33.1 Å². The largest absolute Gasteiger partial charge is 0.380 e. The molecule has 21 heavy (non-hydrogen) atoms. The lowest BCUT2D eigenvalue weighted by atomic mass is 10.00. The Morgan fingerprint density at radius 2 is 1.90 bits per heavy atom. The Morgan fingerprint density at radius 3 is 2.33 bits per heavy atom. The summed E-state index contributed by atoms with van der Waals surface area (Å²) in [5, 5.41) is 8.88. The number of ether oxygens (including phenoxy) is 1. The second-order valence-electron chi connectivity index (χ2n) is 5.61. The Morgan fingerprint density at radius 1 is 1.29 bits per heavy atom. The summed E-state index contributed by atoms with van der Waals surface area (Å²) in [4.78, 5) is 0. The highest BCUT2D eigenvalue weighted by molar-refractivity contribution is 7.91. The highest BCUT2D eigenvalue weighted by atomic mass is 32.2. The minimum Gasteiger partial charge on any atom is -0.380 e. The molecule has 3 atom stereocenters. The summed E-state index contributed by atoms with van der Waals surface area (Å²) in [6.45, 7) is 4.55. The molecule has 1 aromatic carbocycles. The number of hydrogen-bond acceptors (Lipinski definition) is 4. The van der Waals surface area contributed by atoms with E-state index in [9.17, 15) is 13.7 Å². The van der Waals surface area contributed by atoms with Crippen LogP contribution in [0.5, 0.6) is 0 Å². The van der Waals surface area contributed by atoms with Crippen LogP contribution in [0.3, 0.4) is 0 Å². The van der Waals surface area contributed by atoms with Crippen LogP contribution in [0.2, 0.25) is 0 Å². The molecule has 0 spiro atoms. The van der Waals surface area contributed by atoms with Gasteiger partial charge in [-0.05, 0) is 24.5 Å². The third kappa shape index (κ3) is 2.83. The van der Waals surface area contributed by atoms with Gasteiger partial charge in [-0.15, -0.1) is 0 Å². The zero-order valence-electron chi connectivity index (χ0n) is 12.7. The van der Waals surface area contributed by atoms with Gasteiger partial charge in [0.1, 0.15) is 5.41 Å². The van der Waals surface area contributed by atoms with Crippen LogP contribution in [0.1, 0.15) is 30.9 Å². The van der Waals surface area contributed by atoms with Gasteiger partial charge in [0.15, 0.2) is 9.84 Å². The number of sulfone groups is 1. The SMILES string of the molecule is CCOCC1(C#N)C(c2ccc(CC)cc2)C1S(C)(=O)=O. The predicted molar refractivity (Wildman–Crippen MR) is 81.7 cm³/mol. The fourth-order valence-electron chi connectivity index (χ4n) is 3.08. The molecule has 0 bridgehead atoms. The zero-order valence-corrected chi connectivity index (χ0v) is 13.5. The molecule has 0 aromatic heterocycles. The van der Waals surface area contributed by atoms with E-state index >= 15 is 0 Å². The van der Waals surface area contributed by atoms with Crippen molar-refractivity contribution in [2.45, 2.75) is 31.4 Å². The summed E-state index contributed by atoms with van der Waals surface area (Å²) in [5.41, 5.74) is 1.16. The number of nitriles is 1. The van der Waals surface area contributed by atoms with Crippen LogP contribution in [0.25, 0.3) is 0 Å². The Bertz CT molecular complexity index is 645. The molecule has 1 saturated carbocycles. The number of aryl methyl sites for hydroxylation is 1. The van der Waals surface area contributed by atoms with E-state index in [4.69, 9.17) is 4.74 Å². The summed E-state index contributed by atoms with van der Waals surface area (Å²) < 4.78 is 29.4. The monoisotopic (exact) mass is 307 g/mol. The van der Waals surface area contributed by atoms with Crippen molar-refractivity contribution in [3.63, 3.8) is 0 Å².